The number of rotatable bonds is 1. The van der Waals surface area contributed by atoms with Crippen molar-refractivity contribution in [2.45, 2.75) is 45.3 Å². The molecule has 7 heteroatoms. The molecule has 1 saturated heterocycles. The van der Waals surface area contributed by atoms with Crippen LogP contribution in [0.5, 0.6) is 0 Å². The van der Waals surface area contributed by atoms with E-state index in [0.717, 1.165) is 12.8 Å². The van der Waals surface area contributed by atoms with E-state index < -0.39 is 5.60 Å². The summed E-state index contributed by atoms with van der Waals surface area (Å²) in [7, 11) is 0. The lowest BCUT2D eigenvalue weighted by Gasteiger charge is -2.27. The zero-order valence-electron chi connectivity index (χ0n) is 13.2. The molecule has 0 radical (unpaired) electrons. The van der Waals surface area contributed by atoms with E-state index in [1.54, 1.807) is 11.0 Å². The molecule has 0 aromatic carbocycles. The molecular weight excluding hydrogens is 384 g/mol. The highest BCUT2D eigenvalue weighted by Crippen LogP contribution is 2.37. The predicted molar refractivity (Wildman–Crippen MR) is 91.6 cm³/mol. The first-order chi connectivity index (χ1) is 10.7. The first kappa shape index (κ1) is 16.6. The minimum Gasteiger partial charge on any atom is -0.457 e. The van der Waals surface area contributed by atoms with Crippen LogP contribution in [0.3, 0.4) is 0 Å². The van der Waals surface area contributed by atoms with E-state index >= 15 is 0 Å². The van der Waals surface area contributed by atoms with Gasteiger partial charge in [-0.3, -0.25) is 4.90 Å². The van der Waals surface area contributed by atoms with Crippen molar-refractivity contribution in [3.63, 3.8) is 0 Å². The van der Waals surface area contributed by atoms with Crippen molar-refractivity contribution >= 4 is 44.7 Å². The van der Waals surface area contributed by atoms with E-state index in [1.807, 2.05) is 26.8 Å². The van der Waals surface area contributed by atoms with Crippen molar-refractivity contribution in [3.8, 4) is 0 Å². The van der Waals surface area contributed by atoms with Gasteiger partial charge in [-0.05, 0) is 49.5 Å². The second-order valence-electron chi connectivity index (χ2n) is 6.62. The number of hydrogen-bond acceptors (Lipinski definition) is 4. The summed E-state index contributed by atoms with van der Waals surface area (Å²) in [5.74, 6) is 0.713. The molecule has 0 unspecified atom stereocenters. The number of fused-ring (bicyclic) bond motifs is 1. The standard InChI is InChI=1S/C16H18BrClN2O3/c1-16(2,3)23-15(21)20-6-4-5-11(20)13-8-10-12(22-13)7-9(17)14(18)19-10/h7-8,11H,4-6H2,1-3H3/t11-/m0/s1. The summed E-state index contributed by atoms with van der Waals surface area (Å²) in [6, 6.07) is 3.51. The highest BCUT2D eigenvalue weighted by molar-refractivity contribution is 9.10. The minimum absolute atomic E-state index is 0.128. The van der Waals surface area contributed by atoms with Crippen molar-refractivity contribution in [1.29, 1.82) is 0 Å². The van der Waals surface area contributed by atoms with Gasteiger partial charge in [0.05, 0.1) is 10.5 Å². The second kappa shape index (κ2) is 5.98. The molecule has 2 aromatic heterocycles. The number of halogens is 2. The zero-order valence-corrected chi connectivity index (χ0v) is 15.6. The Morgan fingerprint density at radius 2 is 2.22 bits per heavy atom. The Bertz CT molecular complexity index is 715. The monoisotopic (exact) mass is 400 g/mol. The molecule has 1 fully saturated rings. The normalized spacial score (nSPS) is 18.7. The first-order valence-electron chi connectivity index (χ1n) is 7.50. The number of ether oxygens (including phenoxy) is 1. The quantitative estimate of drug-likeness (QED) is 0.607. The number of hydrogen-bond donors (Lipinski definition) is 0. The lowest BCUT2D eigenvalue weighted by molar-refractivity contribution is 0.0209. The number of carbonyl (C=O) groups is 1. The number of amides is 1. The third-order valence-corrected chi connectivity index (χ3v) is 4.76. The van der Waals surface area contributed by atoms with Crippen molar-refractivity contribution in [2.75, 3.05) is 6.54 Å². The Balaban J connectivity index is 1.89. The topological polar surface area (TPSA) is 55.6 Å². The van der Waals surface area contributed by atoms with Crippen LogP contribution in [0.4, 0.5) is 4.79 Å². The zero-order chi connectivity index (χ0) is 16.8. The van der Waals surface area contributed by atoms with Crippen LogP contribution in [0, 0.1) is 0 Å². The molecule has 1 aliphatic heterocycles. The van der Waals surface area contributed by atoms with Crippen LogP contribution in [0.15, 0.2) is 21.0 Å². The fourth-order valence-electron chi connectivity index (χ4n) is 2.70. The van der Waals surface area contributed by atoms with E-state index in [1.165, 1.54) is 0 Å². The van der Waals surface area contributed by atoms with Gasteiger partial charge in [0.1, 0.15) is 22.0 Å². The average Bonchev–Trinajstić information content (AvgIpc) is 3.03. The molecule has 23 heavy (non-hydrogen) atoms. The molecule has 2 aromatic rings. The summed E-state index contributed by atoms with van der Waals surface area (Å²) in [5, 5.41) is 0.389. The summed E-state index contributed by atoms with van der Waals surface area (Å²) in [6.07, 6.45) is 1.44. The number of carbonyl (C=O) groups excluding carboxylic acids is 1. The molecule has 0 bridgehead atoms. The van der Waals surface area contributed by atoms with E-state index in [4.69, 9.17) is 20.8 Å². The number of nitrogens with zero attached hydrogens (tertiary/aromatic N) is 2. The summed E-state index contributed by atoms with van der Waals surface area (Å²) in [4.78, 5) is 18.4. The Kier molecular flexibility index (Phi) is 4.31. The maximum Gasteiger partial charge on any atom is 0.410 e. The summed E-state index contributed by atoms with van der Waals surface area (Å²) in [5.41, 5.74) is 0.814. The van der Waals surface area contributed by atoms with Crippen LogP contribution in [-0.2, 0) is 4.74 Å². The van der Waals surface area contributed by atoms with E-state index in [0.29, 0.717) is 33.0 Å². The maximum absolute atomic E-state index is 12.4. The van der Waals surface area contributed by atoms with Gasteiger partial charge in [-0.2, -0.15) is 0 Å². The molecule has 1 amide bonds. The molecule has 1 aliphatic rings. The van der Waals surface area contributed by atoms with Crippen LogP contribution in [-0.4, -0.2) is 28.1 Å². The van der Waals surface area contributed by atoms with Gasteiger partial charge >= 0.3 is 6.09 Å². The van der Waals surface area contributed by atoms with E-state index in [-0.39, 0.29) is 12.1 Å². The fraction of sp³-hybridized carbons (Fsp3) is 0.500. The van der Waals surface area contributed by atoms with Gasteiger partial charge in [0.15, 0.2) is 5.58 Å². The van der Waals surface area contributed by atoms with Gasteiger partial charge in [0.25, 0.3) is 0 Å². The Morgan fingerprint density at radius 1 is 1.48 bits per heavy atom. The van der Waals surface area contributed by atoms with Gasteiger partial charge in [-0.1, -0.05) is 11.6 Å². The molecule has 0 N–H and O–H groups in total. The third kappa shape index (κ3) is 3.48. The lowest BCUT2D eigenvalue weighted by atomic mass is 10.1. The highest BCUT2D eigenvalue weighted by atomic mass is 79.9. The molecule has 5 nitrogen and oxygen atoms in total. The predicted octanol–water partition coefficient (Wildman–Crippen LogP) is 5.32. The maximum atomic E-state index is 12.4. The van der Waals surface area contributed by atoms with E-state index in [9.17, 15) is 4.79 Å². The summed E-state index contributed by atoms with van der Waals surface area (Å²) < 4.78 is 12.1. The van der Waals surface area contributed by atoms with E-state index in [2.05, 4.69) is 20.9 Å². The Labute approximate surface area is 148 Å². The van der Waals surface area contributed by atoms with Crippen LogP contribution >= 0.6 is 27.5 Å². The molecule has 1 atom stereocenters. The Hall–Kier alpha value is -1.27. The number of aromatic nitrogens is 1. The molecular formula is C16H18BrClN2O3. The smallest absolute Gasteiger partial charge is 0.410 e. The van der Waals surface area contributed by atoms with Crippen LogP contribution < -0.4 is 0 Å². The second-order valence-corrected chi connectivity index (χ2v) is 7.84. The van der Waals surface area contributed by atoms with Crippen molar-refractivity contribution in [3.05, 3.63) is 27.5 Å². The van der Waals surface area contributed by atoms with Crippen molar-refractivity contribution in [1.82, 2.24) is 9.88 Å². The molecule has 3 heterocycles. The average molecular weight is 402 g/mol. The van der Waals surface area contributed by atoms with Crippen LogP contribution in [0.25, 0.3) is 11.1 Å². The fourth-order valence-corrected chi connectivity index (χ4v) is 3.15. The van der Waals surface area contributed by atoms with Gasteiger partial charge < -0.3 is 9.15 Å². The van der Waals surface area contributed by atoms with Gasteiger partial charge in [0, 0.05) is 18.7 Å². The number of furan rings is 1. The summed E-state index contributed by atoms with van der Waals surface area (Å²) >= 11 is 9.36. The Morgan fingerprint density at radius 3 is 2.91 bits per heavy atom. The lowest BCUT2D eigenvalue weighted by Crippen LogP contribution is -2.36. The SMILES string of the molecule is CC(C)(C)OC(=O)N1CCC[C@H]1c1cc2nc(Cl)c(Br)cc2o1. The number of pyridine rings is 1. The van der Waals surface area contributed by atoms with Gasteiger partial charge in [0.2, 0.25) is 0 Å². The van der Waals surface area contributed by atoms with Crippen molar-refractivity contribution in [2.24, 2.45) is 0 Å². The first-order valence-corrected chi connectivity index (χ1v) is 8.67. The van der Waals surface area contributed by atoms with Crippen molar-refractivity contribution < 1.29 is 13.9 Å². The summed E-state index contributed by atoms with van der Waals surface area (Å²) in [6.45, 7) is 6.25. The molecule has 3 rings (SSSR count). The van der Waals surface area contributed by atoms with Crippen LogP contribution in [0.2, 0.25) is 5.15 Å². The molecule has 0 saturated carbocycles. The molecule has 0 aliphatic carbocycles. The highest BCUT2D eigenvalue weighted by Gasteiger charge is 2.35. The number of likely N-dealkylation sites (tertiary alicyclic amines) is 1. The largest absolute Gasteiger partial charge is 0.457 e. The van der Waals surface area contributed by atoms with Gasteiger partial charge in [-0.25, -0.2) is 9.78 Å². The molecule has 124 valence electrons. The molecule has 0 spiro atoms. The van der Waals surface area contributed by atoms with Gasteiger partial charge in [-0.15, -0.1) is 0 Å². The third-order valence-electron chi connectivity index (χ3n) is 3.64. The minimum atomic E-state index is -0.516. The van der Waals surface area contributed by atoms with Crippen LogP contribution in [0.1, 0.15) is 45.4 Å².